The highest BCUT2D eigenvalue weighted by Gasteiger charge is 2.15. The van der Waals surface area contributed by atoms with Gasteiger partial charge in [-0.25, -0.2) is 4.39 Å². The minimum atomic E-state index is -0.328. The highest BCUT2D eigenvalue weighted by atomic mass is 79.9. The van der Waals surface area contributed by atoms with Crippen LogP contribution < -0.4 is 0 Å². The van der Waals surface area contributed by atoms with Crippen molar-refractivity contribution in [3.63, 3.8) is 0 Å². The molecule has 0 fully saturated rings. The van der Waals surface area contributed by atoms with Gasteiger partial charge in [0.15, 0.2) is 0 Å². The Bertz CT molecular complexity index is 325. The van der Waals surface area contributed by atoms with Crippen molar-refractivity contribution in [2.24, 2.45) is 11.8 Å². The Morgan fingerprint density at radius 3 is 2.60 bits per heavy atom. The normalized spacial score (nSPS) is 13.2. The average Bonchev–Trinajstić information content (AvgIpc) is 2.19. The second-order valence-electron chi connectivity index (χ2n) is 4.08. The number of alkyl halides is 1. The maximum Gasteiger partial charge on any atom is 0.142 e. The first kappa shape index (κ1) is 13.0. The van der Waals surface area contributed by atoms with E-state index in [0.717, 1.165) is 17.3 Å². The Kier molecular flexibility index (Phi) is 5.07. The minimum absolute atomic E-state index is 0.268. The van der Waals surface area contributed by atoms with Crippen molar-refractivity contribution in [1.82, 2.24) is 0 Å². The van der Waals surface area contributed by atoms with Crippen LogP contribution in [-0.2, 0) is 6.42 Å². The molecule has 84 valence electrons. The Balaban J connectivity index is 2.84. The largest absolute Gasteiger partial charge is 0.205 e. The summed E-state index contributed by atoms with van der Waals surface area (Å²) >= 11 is 9.39. The van der Waals surface area contributed by atoms with Crippen LogP contribution in [0.1, 0.15) is 19.4 Å². The van der Waals surface area contributed by atoms with E-state index in [9.17, 15) is 4.39 Å². The van der Waals surface area contributed by atoms with Crippen molar-refractivity contribution >= 4 is 27.5 Å². The lowest BCUT2D eigenvalue weighted by molar-refractivity contribution is 0.426. The Morgan fingerprint density at radius 2 is 2.07 bits per heavy atom. The van der Waals surface area contributed by atoms with Crippen molar-refractivity contribution < 1.29 is 4.39 Å². The highest BCUT2D eigenvalue weighted by molar-refractivity contribution is 9.09. The standard InChI is InChI=1S/C12H15BrClF/c1-8(2)10(7-13)6-9-4-3-5-11(15)12(9)14/h3-5,8,10H,6-7H2,1-2H3. The minimum Gasteiger partial charge on any atom is -0.205 e. The Morgan fingerprint density at radius 1 is 1.40 bits per heavy atom. The third-order valence-corrected chi connectivity index (χ3v) is 3.91. The molecule has 0 saturated carbocycles. The molecule has 0 radical (unpaired) electrons. The molecule has 15 heavy (non-hydrogen) atoms. The van der Waals surface area contributed by atoms with Crippen LogP contribution in [0.25, 0.3) is 0 Å². The fourth-order valence-corrected chi connectivity index (χ4v) is 2.64. The van der Waals surface area contributed by atoms with Crippen LogP contribution in [0.3, 0.4) is 0 Å². The van der Waals surface area contributed by atoms with Crippen LogP contribution in [0.4, 0.5) is 4.39 Å². The zero-order chi connectivity index (χ0) is 11.4. The fraction of sp³-hybridized carbons (Fsp3) is 0.500. The first-order valence-corrected chi connectivity index (χ1v) is 6.55. The monoisotopic (exact) mass is 292 g/mol. The third-order valence-electron chi connectivity index (χ3n) is 2.65. The van der Waals surface area contributed by atoms with Gasteiger partial charge in [-0.15, -0.1) is 0 Å². The van der Waals surface area contributed by atoms with Gasteiger partial charge < -0.3 is 0 Å². The van der Waals surface area contributed by atoms with E-state index >= 15 is 0 Å². The molecule has 0 spiro atoms. The van der Waals surface area contributed by atoms with Crippen LogP contribution in [0.15, 0.2) is 18.2 Å². The topological polar surface area (TPSA) is 0 Å². The molecule has 0 aromatic heterocycles. The summed E-state index contributed by atoms with van der Waals surface area (Å²) in [5, 5.41) is 1.18. The number of benzene rings is 1. The van der Waals surface area contributed by atoms with Gasteiger partial charge in [-0.05, 0) is 29.9 Å². The predicted octanol–water partition coefficient (Wildman–Crippen LogP) is 4.69. The average molecular weight is 294 g/mol. The second-order valence-corrected chi connectivity index (χ2v) is 5.10. The number of halogens is 3. The lowest BCUT2D eigenvalue weighted by Crippen LogP contribution is -2.13. The maximum absolute atomic E-state index is 13.2. The summed E-state index contributed by atoms with van der Waals surface area (Å²) < 4.78 is 13.2. The van der Waals surface area contributed by atoms with Crippen molar-refractivity contribution in [3.8, 4) is 0 Å². The molecule has 1 atom stereocenters. The molecule has 0 aliphatic rings. The smallest absolute Gasteiger partial charge is 0.142 e. The number of rotatable bonds is 4. The van der Waals surface area contributed by atoms with Gasteiger partial charge in [-0.2, -0.15) is 0 Å². The molecule has 0 bridgehead atoms. The van der Waals surface area contributed by atoms with Crippen molar-refractivity contribution in [3.05, 3.63) is 34.6 Å². The van der Waals surface area contributed by atoms with Crippen LogP contribution >= 0.6 is 27.5 Å². The van der Waals surface area contributed by atoms with Gasteiger partial charge in [-0.1, -0.05) is 53.5 Å². The summed E-state index contributed by atoms with van der Waals surface area (Å²) in [7, 11) is 0. The van der Waals surface area contributed by atoms with Gasteiger partial charge in [0.05, 0.1) is 5.02 Å². The van der Waals surface area contributed by atoms with Crippen LogP contribution in [-0.4, -0.2) is 5.33 Å². The summed E-state index contributed by atoms with van der Waals surface area (Å²) in [6.07, 6.45) is 0.819. The maximum atomic E-state index is 13.2. The lowest BCUT2D eigenvalue weighted by Gasteiger charge is -2.18. The first-order chi connectivity index (χ1) is 7.06. The molecule has 1 aromatic carbocycles. The fourth-order valence-electron chi connectivity index (χ4n) is 1.46. The summed E-state index contributed by atoms with van der Waals surface area (Å²) in [6.45, 7) is 4.33. The SMILES string of the molecule is CC(C)C(CBr)Cc1cccc(F)c1Cl. The van der Waals surface area contributed by atoms with E-state index in [1.54, 1.807) is 6.07 Å². The quantitative estimate of drug-likeness (QED) is 0.707. The van der Waals surface area contributed by atoms with E-state index < -0.39 is 0 Å². The molecule has 0 amide bonds. The van der Waals surface area contributed by atoms with Crippen LogP contribution in [0.2, 0.25) is 5.02 Å². The molecular weight excluding hydrogens is 278 g/mol. The Labute approximate surface area is 104 Å². The number of hydrogen-bond donors (Lipinski definition) is 0. The van der Waals surface area contributed by atoms with Crippen molar-refractivity contribution in [1.29, 1.82) is 0 Å². The lowest BCUT2D eigenvalue weighted by atomic mass is 9.91. The molecular formula is C12H15BrClF. The molecule has 0 heterocycles. The zero-order valence-corrected chi connectivity index (χ0v) is 11.3. The molecule has 0 N–H and O–H groups in total. The van der Waals surface area contributed by atoms with Gasteiger partial charge in [-0.3, -0.25) is 0 Å². The summed E-state index contributed by atoms with van der Waals surface area (Å²) in [5.41, 5.74) is 0.898. The molecule has 1 aromatic rings. The summed E-state index contributed by atoms with van der Waals surface area (Å²) in [6, 6.07) is 5.00. The van der Waals surface area contributed by atoms with Gasteiger partial charge in [0.1, 0.15) is 5.82 Å². The summed E-state index contributed by atoms with van der Waals surface area (Å²) in [4.78, 5) is 0. The highest BCUT2D eigenvalue weighted by Crippen LogP contribution is 2.26. The molecule has 3 heteroatoms. The molecule has 0 nitrogen and oxygen atoms in total. The van der Waals surface area contributed by atoms with Gasteiger partial charge in [0.2, 0.25) is 0 Å². The van der Waals surface area contributed by atoms with E-state index in [2.05, 4.69) is 29.8 Å². The van der Waals surface area contributed by atoms with Crippen LogP contribution in [0.5, 0.6) is 0 Å². The zero-order valence-electron chi connectivity index (χ0n) is 8.93. The van der Waals surface area contributed by atoms with Crippen molar-refractivity contribution in [2.45, 2.75) is 20.3 Å². The number of hydrogen-bond acceptors (Lipinski definition) is 0. The Hall–Kier alpha value is -0.0800. The van der Waals surface area contributed by atoms with Crippen LogP contribution in [0, 0.1) is 17.7 Å². The van der Waals surface area contributed by atoms with Crippen molar-refractivity contribution in [2.75, 3.05) is 5.33 Å². The molecule has 0 aliphatic carbocycles. The van der Waals surface area contributed by atoms with E-state index in [1.807, 2.05) is 6.07 Å². The van der Waals surface area contributed by atoms with Gasteiger partial charge in [0, 0.05) is 5.33 Å². The van der Waals surface area contributed by atoms with E-state index in [1.165, 1.54) is 6.07 Å². The van der Waals surface area contributed by atoms with E-state index in [0.29, 0.717) is 11.8 Å². The molecule has 0 saturated heterocycles. The molecule has 1 unspecified atom stereocenters. The van der Waals surface area contributed by atoms with Gasteiger partial charge in [0.25, 0.3) is 0 Å². The van der Waals surface area contributed by atoms with E-state index in [4.69, 9.17) is 11.6 Å². The molecule has 0 aliphatic heterocycles. The second kappa shape index (κ2) is 5.86. The third kappa shape index (κ3) is 3.46. The molecule has 1 rings (SSSR count). The van der Waals surface area contributed by atoms with E-state index in [-0.39, 0.29) is 10.8 Å². The summed E-state index contributed by atoms with van der Waals surface area (Å²) in [5.74, 6) is 0.722. The van der Waals surface area contributed by atoms with Gasteiger partial charge >= 0.3 is 0 Å². The predicted molar refractivity (Wildman–Crippen MR) is 67.2 cm³/mol. The first-order valence-electron chi connectivity index (χ1n) is 5.05.